The predicted octanol–water partition coefficient (Wildman–Crippen LogP) is 4.03. The summed E-state index contributed by atoms with van der Waals surface area (Å²) in [4.78, 5) is 12.2. The number of furan rings is 1. The fourth-order valence-corrected chi connectivity index (χ4v) is 2.13. The van der Waals surface area contributed by atoms with Gasteiger partial charge in [-0.2, -0.15) is 0 Å². The molecule has 0 bridgehead atoms. The Morgan fingerprint density at radius 2 is 1.82 bits per heavy atom. The number of carbonyl (C=O) groups excluding carboxylic acids is 1. The monoisotopic (exact) mass is 296 g/mol. The highest BCUT2D eigenvalue weighted by Crippen LogP contribution is 2.22. The van der Waals surface area contributed by atoms with Crippen LogP contribution in [0.3, 0.4) is 0 Å². The Kier molecular flexibility index (Phi) is 3.15. The molecule has 0 amide bonds. The molecule has 0 aliphatic rings. The van der Waals surface area contributed by atoms with Crippen molar-refractivity contribution < 1.29 is 13.6 Å². The molecule has 4 heteroatoms. The summed E-state index contributed by atoms with van der Waals surface area (Å²) in [6, 6.07) is 5.94. The minimum atomic E-state index is -0.336. The third kappa shape index (κ3) is 2.31. The Morgan fingerprint density at radius 1 is 1.24 bits per heavy atom. The molecule has 1 aromatic heterocycles. The van der Waals surface area contributed by atoms with E-state index in [1.165, 1.54) is 12.1 Å². The number of aryl methyl sites for hydroxylation is 2. The third-order valence-electron chi connectivity index (χ3n) is 2.52. The third-order valence-corrected chi connectivity index (χ3v) is 2.95. The second kappa shape index (κ2) is 4.45. The molecule has 1 aromatic carbocycles. The van der Waals surface area contributed by atoms with Crippen LogP contribution in [0, 0.1) is 19.7 Å². The lowest BCUT2D eigenvalue weighted by atomic mass is 9.98. The van der Waals surface area contributed by atoms with Crippen molar-refractivity contribution in [1.82, 2.24) is 0 Å². The van der Waals surface area contributed by atoms with Crippen molar-refractivity contribution in [3.8, 4) is 0 Å². The number of halogens is 2. The van der Waals surface area contributed by atoms with Crippen molar-refractivity contribution in [2.45, 2.75) is 13.8 Å². The number of benzene rings is 1. The van der Waals surface area contributed by atoms with E-state index in [1.54, 1.807) is 26.0 Å². The zero-order valence-electron chi connectivity index (χ0n) is 9.38. The molecule has 0 unspecified atom stereocenters. The molecule has 2 rings (SSSR count). The van der Waals surface area contributed by atoms with Gasteiger partial charge in [0.1, 0.15) is 5.82 Å². The largest absolute Gasteiger partial charge is 0.446 e. The summed E-state index contributed by atoms with van der Waals surface area (Å²) >= 11 is 3.14. The maximum absolute atomic E-state index is 13.1. The van der Waals surface area contributed by atoms with E-state index in [2.05, 4.69) is 15.9 Å². The lowest BCUT2D eigenvalue weighted by Crippen LogP contribution is -2.05. The average Bonchev–Trinajstić information content (AvgIpc) is 2.63. The summed E-state index contributed by atoms with van der Waals surface area (Å²) in [6.45, 7) is 3.42. The predicted molar refractivity (Wildman–Crippen MR) is 65.7 cm³/mol. The van der Waals surface area contributed by atoms with Gasteiger partial charge < -0.3 is 4.42 Å². The van der Waals surface area contributed by atoms with Crippen molar-refractivity contribution in [2.24, 2.45) is 0 Å². The molecule has 0 spiro atoms. The Labute approximate surface area is 107 Å². The molecule has 17 heavy (non-hydrogen) atoms. The van der Waals surface area contributed by atoms with Gasteiger partial charge in [-0.3, -0.25) is 4.79 Å². The van der Waals surface area contributed by atoms with Crippen LogP contribution in [0.2, 0.25) is 0 Å². The molecule has 0 aliphatic heterocycles. The molecule has 0 N–H and O–H groups in total. The van der Waals surface area contributed by atoms with E-state index in [4.69, 9.17) is 4.42 Å². The standard InChI is InChI=1S/C13H10BrFO2/c1-7-5-9(15)6-8(2)12(7)13(16)10-3-4-11(14)17-10/h3-6H,1-2H3. The van der Waals surface area contributed by atoms with Gasteiger partial charge in [0.25, 0.3) is 0 Å². The highest BCUT2D eigenvalue weighted by molar-refractivity contribution is 9.10. The van der Waals surface area contributed by atoms with Gasteiger partial charge in [-0.1, -0.05) is 0 Å². The fraction of sp³-hybridized carbons (Fsp3) is 0.154. The van der Waals surface area contributed by atoms with E-state index < -0.39 is 0 Å². The molecule has 0 aliphatic carbocycles. The number of carbonyl (C=O) groups is 1. The van der Waals surface area contributed by atoms with Gasteiger partial charge in [-0.25, -0.2) is 4.39 Å². The summed E-state index contributed by atoms with van der Waals surface area (Å²) in [7, 11) is 0. The number of hydrogen-bond acceptors (Lipinski definition) is 2. The van der Waals surface area contributed by atoms with E-state index in [1.807, 2.05) is 0 Å². The van der Waals surface area contributed by atoms with Crippen molar-refractivity contribution in [3.05, 3.63) is 57.2 Å². The van der Waals surface area contributed by atoms with Gasteiger partial charge in [-0.15, -0.1) is 0 Å². The molecule has 0 atom stereocenters. The van der Waals surface area contributed by atoms with Gasteiger partial charge in [0.05, 0.1) is 0 Å². The summed E-state index contributed by atoms with van der Waals surface area (Å²) in [5, 5.41) is 0. The summed E-state index contributed by atoms with van der Waals surface area (Å²) in [5.41, 5.74) is 1.72. The van der Waals surface area contributed by atoms with Crippen LogP contribution < -0.4 is 0 Å². The summed E-state index contributed by atoms with van der Waals surface area (Å²) in [5.74, 6) is -0.322. The summed E-state index contributed by atoms with van der Waals surface area (Å²) < 4.78 is 18.8. The zero-order chi connectivity index (χ0) is 12.6. The highest BCUT2D eigenvalue weighted by atomic mass is 79.9. The average molecular weight is 297 g/mol. The SMILES string of the molecule is Cc1cc(F)cc(C)c1C(=O)c1ccc(Br)o1. The van der Waals surface area contributed by atoms with Gasteiger partial charge in [0.15, 0.2) is 10.4 Å². The smallest absolute Gasteiger partial charge is 0.228 e. The van der Waals surface area contributed by atoms with Crippen molar-refractivity contribution in [3.63, 3.8) is 0 Å². The van der Waals surface area contributed by atoms with Crippen LogP contribution in [-0.4, -0.2) is 5.78 Å². The quantitative estimate of drug-likeness (QED) is 0.783. The van der Waals surface area contributed by atoms with Crippen LogP contribution in [0.25, 0.3) is 0 Å². The maximum atomic E-state index is 13.1. The molecule has 2 nitrogen and oxygen atoms in total. The lowest BCUT2D eigenvalue weighted by Gasteiger charge is -2.07. The fourth-order valence-electron chi connectivity index (χ4n) is 1.83. The summed E-state index contributed by atoms with van der Waals surface area (Å²) in [6.07, 6.45) is 0. The second-order valence-electron chi connectivity index (χ2n) is 3.85. The molecule has 88 valence electrons. The molecule has 2 aromatic rings. The molecule has 0 saturated heterocycles. The normalized spacial score (nSPS) is 10.6. The Bertz CT molecular complexity index is 564. The number of hydrogen-bond donors (Lipinski definition) is 0. The van der Waals surface area contributed by atoms with E-state index >= 15 is 0 Å². The topological polar surface area (TPSA) is 30.2 Å². The molecule has 1 heterocycles. The zero-order valence-corrected chi connectivity index (χ0v) is 11.0. The molecule has 0 fully saturated rings. The van der Waals surface area contributed by atoms with Crippen LogP contribution in [-0.2, 0) is 0 Å². The van der Waals surface area contributed by atoms with Crippen molar-refractivity contribution in [2.75, 3.05) is 0 Å². The second-order valence-corrected chi connectivity index (χ2v) is 4.63. The van der Waals surface area contributed by atoms with Gasteiger partial charge in [0, 0.05) is 5.56 Å². The Balaban J connectivity index is 2.51. The number of ketones is 1. The van der Waals surface area contributed by atoms with Crippen LogP contribution in [0.1, 0.15) is 27.2 Å². The van der Waals surface area contributed by atoms with Gasteiger partial charge in [0.2, 0.25) is 5.78 Å². The first-order valence-corrected chi connectivity index (χ1v) is 5.85. The van der Waals surface area contributed by atoms with E-state index in [0.29, 0.717) is 21.4 Å². The van der Waals surface area contributed by atoms with E-state index in [0.717, 1.165) is 0 Å². The van der Waals surface area contributed by atoms with E-state index in [9.17, 15) is 9.18 Å². The van der Waals surface area contributed by atoms with Crippen LogP contribution in [0.4, 0.5) is 4.39 Å². The maximum Gasteiger partial charge on any atom is 0.228 e. The molecule has 0 saturated carbocycles. The van der Waals surface area contributed by atoms with Crippen LogP contribution in [0.5, 0.6) is 0 Å². The number of rotatable bonds is 2. The Hall–Kier alpha value is -1.42. The Morgan fingerprint density at radius 3 is 2.29 bits per heavy atom. The van der Waals surface area contributed by atoms with Crippen LogP contribution >= 0.6 is 15.9 Å². The van der Waals surface area contributed by atoms with Crippen molar-refractivity contribution >= 4 is 21.7 Å². The first-order valence-electron chi connectivity index (χ1n) is 5.06. The molecular weight excluding hydrogens is 287 g/mol. The first kappa shape index (κ1) is 12.0. The van der Waals surface area contributed by atoms with Crippen LogP contribution in [0.15, 0.2) is 33.4 Å². The minimum Gasteiger partial charge on any atom is -0.446 e. The highest BCUT2D eigenvalue weighted by Gasteiger charge is 2.18. The first-order chi connectivity index (χ1) is 7.99. The molecular formula is C13H10BrFO2. The minimum absolute atomic E-state index is 0.231. The molecule has 0 radical (unpaired) electrons. The van der Waals surface area contributed by atoms with Gasteiger partial charge in [-0.05, 0) is 65.2 Å². The van der Waals surface area contributed by atoms with E-state index in [-0.39, 0.29) is 17.4 Å². The van der Waals surface area contributed by atoms with Crippen molar-refractivity contribution in [1.29, 1.82) is 0 Å². The lowest BCUT2D eigenvalue weighted by molar-refractivity contribution is 0.101. The van der Waals surface area contributed by atoms with Gasteiger partial charge >= 0.3 is 0 Å².